The fourth-order valence-electron chi connectivity index (χ4n) is 4.51. The maximum absolute atomic E-state index is 13.2. The van der Waals surface area contributed by atoms with Crippen molar-refractivity contribution >= 4 is 9.84 Å². The molecule has 1 unspecified atom stereocenters. The Hall–Kier alpha value is -1.84. The van der Waals surface area contributed by atoms with Crippen LogP contribution in [-0.4, -0.2) is 53.4 Å². The third-order valence-electron chi connectivity index (χ3n) is 6.56. The van der Waals surface area contributed by atoms with Gasteiger partial charge in [-0.05, 0) is 72.9 Å². The first-order valence-electron chi connectivity index (χ1n) is 10.9. The van der Waals surface area contributed by atoms with E-state index in [1.54, 1.807) is 12.1 Å². The second kappa shape index (κ2) is 9.11. The van der Waals surface area contributed by atoms with Crippen molar-refractivity contribution in [3.05, 3.63) is 30.3 Å². The summed E-state index contributed by atoms with van der Waals surface area (Å²) in [4.78, 5) is 0. The van der Waals surface area contributed by atoms with Gasteiger partial charge in [-0.3, -0.25) is 0 Å². The van der Waals surface area contributed by atoms with Crippen LogP contribution in [0.25, 0.3) is 5.69 Å². The third kappa shape index (κ3) is 4.43. The fourth-order valence-corrected chi connectivity index (χ4v) is 5.79. The molecule has 0 bridgehead atoms. The number of aromatic nitrogens is 4. The topological polar surface area (TPSA) is 96.2 Å². The molecule has 1 saturated heterocycles. The smallest absolute Gasteiger partial charge is 0.272 e. The Morgan fingerprint density at radius 2 is 2.03 bits per heavy atom. The maximum Gasteiger partial charge on any atom is 0.272 e. The SMILES string of the molecule is CCC1([C@H](CCS(=O)(=O)c2nnnn2-c2ccccc2)OC2CCCCO2)CCC1. The molecule has 2 aliphatic rings. The first-order valence-corrected chi connectivity index (χ1v) is 12.5. The van der Waals surface area contributed by atoms with Gasteiger partial charge in [-0.2, -0.15) is 4.68 Å². The minimum Gasteiger partial charge on any atom is -0.353 e. The number of hydrogen-bond acceptors (Lipinski definition) is 7. The van der Waals surface area contributed by atoms with E-state index in [-0.39, 0.29) is 28.7 Å². The van der Waals surface area contributed by atoms with E-state index >= 15 is 0 Å². The van der Waals surface area contributed by atoms with Gasteiger partial charge in [0.05, 0.1) is 17.5 Å². The normalized spacial score (nSPS) is 22.4. The predicted molar refractivity (Wildman–Crippen MR) is 111 cm³/mol. The number of rotatable bonds is 9. The molecule has 0 radical (unpaired) electrons. The molecule has 0 N–H and O–H groups in total. The quantitative estimate of drug-likeness (QED) is 0.597. The molecular weight excluding hydrogens is 404 g/mol. The number of tetrazole rings is 1. The lowest BCUT2D eigenvalue weighted by molar-refractivity contribution is -0.224. The van der Waals surface area contributed by atoms with Crippen LogP contribution in [0.15, 0.2) is 35.5 Å². The third-order valence-corrected chi connectivity index (χ3v) is 8.14. The van der Waals surface area contributed by atoms with Gasteiger partial charge in [0.2, 0.25) is 9.84 Å². The van der Waals surface area contributed by atoms with Crippen molar-refractivity contribution < 1.29 is 17.9 Å². The lowest BCUT2D eigenvalue weighted by atomic mass is 9.63. The molecule has 164 valence electrons. The maximum atomic E-state index is 13.2. The van der Waals surface area contributed by atoms with Crippen LogP contribution in [0, 0.1) is 5.41 Å². The van der Waals surface area contributed by atoms with E-state index in [9.17, 15) is 8.42 Å². The molecule has 2 fully saturated rings. The van der Waals surface area contributed by atoms with Crippen LogP contribution in [0.2, 0.25) is 0 Å². The Labute approximate surface area is 177 Å². The monoisotopic (exact) mass is 434 g/mol. The summed E-state index contributed by atoms with van der Waals surface area (Å²) in [7, 11) is -3.68. The number of benzene rings is 1. The predicted octanol–water partition coefficient (Wildman–Crippen LogP) is 3.32. The second-order valence-electron chi connectivity index (χ2n) is 8.31. The zero-order valence-electron chi connectivity index (χ0n) is 17.4. The van der Waals surface area contributed by atoms with E-state index in [1.807, 2.05) is 18.2 Å². The molecule has 1 aromatic carbocycles. The van der Waals surface area contributed by atoms with E-state index in [4.69, 9.17) is 9.47 Å². The molecule has 9 heteroatoms. The minimum atomic E-state index is -3.68. The zero-order valence-corrected chi connectivity index (χ0v) is 18.3. The van der Waals surface area contributed by atoms with Crippen molar-refractivity contribution in [3.63, 3.8) is 0 Å². The molecule has 1 aromatic heterocycles. The van der Waals surface area contributed by atoms with Crippen LogP contribution < -0.4 is 0 Å². The van der Waals surface area contributed by atoms with Crippen LogP contribution in [0.3, 0.4) is 0 Å². The van der Waals surface area contributed by atoms with Crippen molar-refractivity contribution in [1.29, 1.82) is 0 Å². The molecule has 1 aliphatic heterocycles. The van der Waals surface area contributed by atoms with Crippen molar-refractivity contribution in [3.8, 4) is 5.69 Å². The van der Waals surface area contributed by atoms with E-state index in [0.29, 0.717) is 18.7 Å². The highest BCUT2D eigenvalue weighted by Gasteiger charge is 2.45. The summed E-state index contributed by atoms with van der Waals surface area (Å²) < 4.78 is 39.8. The lowest BCUT2D eigenvalue weighted by Gasteiger charge is -2.48. The van der Waals surface area contributed by atoms with Crippen molar-refractivity contribution in [2.75, 3.05) is 12.4 Å². The summed E-state index contributed by atoms with van der Waals surface area (Å²) in [5, 5.41) is 11.2. The van der Waals surface area contributed by atoms with Gasteiger partial charge in [0.1, 0.15) is 0 Å². The minimum absolute atomic E-state index is 0.0433. The Morgan fingerprint density at radius 1 is 1.23 bits per heavy atom. The Bertz CT molecular complexity index is 916. The fraction of sp³-hybridized carbons (Fsp3) is 0.667. The van der Waals surface area contributed by atoms with Crippen LogP contribution in [0.5, 0.6) is 0 Å². The van der Waals surface area contributed by atoms with Gasteiger partial charge in [0, 0.05) is 6.61 Å². The molecule has 8 nitrogen and oxygen atoms in total. The summed E-state index contributed by atoms with van der Waals surface area (Å²) in [5.41, 5.74) is 0.662. The van der Waals surface area contributed by atoms with Gasteiger partial charge in [0.15, 0.2) is 6.29 Å². The van der Waals surface area contributed by atoms with E-state index in [1.165, 1.54) is 4.68 Å². The summed E-state index contributed by atoms with van der Waals surface area (Å²) in [6, 6.07) is 9.07. The summed E-state index contributed by atoms with van der Waals surface area (Å²) in [6.07, 6.45) is 7.34. The molecule has 4 rings (SSSR count). The van der Waals surface area contributed by atoms with Crippen LogP contribution in [0.1, 0.15) is 58.3 Å². The average molecular weight is 435 g/mol. The van der Waals surface area contributed by atoms with Gasteiger partial charge in [-0.1, -0.05) is 36.6 Å². The Balaban J connectivity index is 1.51. The molecule has 1 saturated carbocycles. The van der Waals surface area contributed by atoms with Gasteiger partial charge in [0.25, 0.3) is 5.16 Å². The van der Waals surface area contributed by atoms with Crippen LogP contribution in [-0.2, 0) is 19.3 Å². The summed E-state index contributed by atoms with van der Waals surface area (Å²) >= 11 is 0. The average Bonchev–Trinajstić information content (AvgIpc) is 3.24. The van der Waals surface area contributed by atoms with E-state index < -0.39 is 9.84 Å². The van der Waals surface area contributed by atoms with Crippen molar-refractivity contribution in [2.45, 2.75) is 75.8 Å². The van der Waals surface area contributed by atoms with Crippen molar-refractivity contribution in [1.82, 2.24) is 20.2 Å². The zero-order chi connectivity index (χ0) is 21.0. The molecular formula is C21H30N4O4S. The molecule has 0 spiro atoms. The van der Waals surface area contributed by atoms with Gasteiger partial charge in [-0.15, -0.1) is 0 Å². The number of ether oxygens (including phenoxy) is 2. The highest BCUT2D eigenvalue weighted by Crippen LogP contribution is 2.49. The number of para-hydroxylation sites is 1. The Kier molecular flexibility index (Phi) is 6.50. The lowest BCUT2D eigenvalue weighted by Crippen LogP contribution is -2.46. The molecule has 0 amide bonds. The number of sulfone groups is 1. The number of nitrogens with zero attached hydrogens (tertiary/aromatic N) is 4. The van der Waals surface area contributed by atoms with Gasteiger partial charge >= 0.3 is 0 Å². The van der Waals surface area contributed by atoms with Crippen molar-refractivity contribution in [2.24, 2.45) is 5.41 Å². The number of hydrogen-bond donors (Lipinski definition) is 0. The van der Waals surface area contributed by atoms with Gasteiger partial charge < -0.3 is 9.47 Å². The summed E-state index contributed by atoms with van der Waals surface area (Å²) in [5.74, 6) is -0.0562. The molecule has 30 heavy (non-hydrogen) atoms. The molecule has 2 atom stereocenters. The second-order valence-corrected chi connectivity index (χ2v) is 10.3. The van der Waals surface area contributed by atoms with Gasteiger partial charge in [-0.25, -0.2) is 8.42 Å². The Morgan fingerprint density at radius 3 is 2.67 bits per heavy atom. The highest BCUT2D eigenvalue weighted by atomic mass is 32.2. The first kappa shape index (κ1) is 21.4. The molecule has 2 aromatic rings. The van der Waals surface area contributed by atoms with E-state index in [2.05, 4.69) is 22.4 Å². The summed E-state index contributed by atoms with van der Waals surface area (Å²) in [6.45, 7) is 2.88. The molecule has 2 heterocycles. The van der Waals surface area contributed by atoms with Crippen LogP contribution >= 0.6 is 0 Å². The largest absolute Gasteiger partial charge is 0.353 e. The van der Waals surface area contributed by atoms with Crippen LogP contribution in [0.4, 0.5) is 0 Å². The first-order chi connectivity index (χ1) is 14.5. The highest BCUT2D eigenvalue weighted by molar-refractivity contribution is 7.91. The standard InChI is InChI=1S/C21H30N4O4S/c1-2-21(13-8-14-21)18(29-19-11-6-7-15-28-19)12-16-30(26,27)20-22-23-24-25(20)17-9-4-3-5-10-17/h3-5,9-10,18-19H,2,6-8,11-16H2,1H3/t18-,19?/m0/s1. The molecule has 1 aliphatic carbocycles. The van der Waals surface area contributed by atoms with E-state index in [0.717, 1.165) is 44.9 Å².